The van der Waals surface area contributed by atoms with Crippen LogP contribution in [0.5, 0.6) is 0 Å². The molecule has 1 aliphatic carbocycles. The lowest BCUT2D eigenvalue weighted by Gasteiger charge is -2.48. The highest BCUT2D eigenvalue weighted by Gasteiger charge is 2.52. The number of esters is 2. The lowest BCUT2D eigenvalue weighted by atomic mass is 9.70. The van der Waals surface area contributed by atoms with Gasteiger partial charge in [0.1, 0.15) is 36.6 Å². The maximum absolute atomic E-state index is 11.9. The lowest BCUT2D eigenvalue weighted by molar-refractivity contribution is -0.323. The van der Waals surface area contributed by atoms with Crippen LogP contribution in [0, 0.1) is 11.8 Å². The van der Waals surface area contributed by atoms with Crippen molar-refractivity contribution in [2.45, 2.75) is 82.1 Å². The monoisotopic (exact) mass is 404 g/mol. The Morgan fingerprint density at radius 1 is 1.14 bits per heavy atom. The number of hydrogen-bond donors (Lipinski definition) is 4. The zero-order chi connectivity index (χ0) is 20.6. The standard InChI is InChI=1S/C18H28O10/c1-7-14-9(5-13(21)25-7)10(26-8(2)20)3-4-11(14)27-18-17(24)16(23)15(22)12(6-19)28-18/h7,9-12,14-19,22-24H,3-6H2,1-2H3/t7-,9+,10+,11+,12+,14+,15+,16-,17+,18+/m0/s1. The van der Waals surface area contributed by atoms with Crippen LogP contribution in [0.15, 0.2) is 0 Å². The van der Waals surface area contributed by atoms with Gasteiger partial charge in [0.2, 0.25) is 0 Å². The number of ether oxygens (including phenoxy) is 4. The molecule has 2 heterocycles. The van der Waals surface area contributed by atoms with Gasteiger partial charge in [-0.25, -0.2) is 0 Å². The smallest absolute Gasteiger partial charge is 0.306 e. The molecule has 3 aliphatic rings. The van der Waals surface area contributed by atoms with Crippen molar-refractivity contribution >= 4 is 11.9 Å². The van der Waals surface area contributed by atoms with Crippen molar-refractivity contribution in [2.24, 2.45) is 11.8 Å². The van der Waals surface area contributed by atoms with Crippen LogP contribution in [0.25, 0.3) is 0 Å². The van der Waals surface area contributed by atoms with E-state index in [1.54, 1.807) is 6.92 Å². The van der Waals surface area contributed by atoms with Crippen molar-refractivity contribution in [1.29, 1.82) is 0 Å². The topological polar surface area (TPSA) is 152 Å². The maximum atomic E-state index is 11.9. The number of aliphatic hydroxyl groups is 4. The van der Waals surface area contributed by atoms with Crippen molar-refractivity contribution in [3.8, 4) is 0 Å². The van der Waals surface area contributed by atoms with E-state index in [9.17, 15) is 30.0 Å². The third kappa shape index (κ3) is 4.17. The number of fused-ring (bicyclic) bond motifs is 1. The molecule has 0 aromatic rings. The molecule has 160 valence electrons. The number of rotatable bonds is 4. The molecular weight excluding hydrogens is 376 g/mol. The Labute approximate surface area is 162 Å². The SMILES string of the molecule is CC(=O)O[C@@H]1CC[C@@H](O[C@@H]2O[C@H](CO)[C@@H](O)[C@H](O)[C@H]2O)[C@H]2[C@@H]1CC(=O)O[C@H]2C. The molecule has 0 bridgehead atoms. The summed E-state index contributed by atoms with van der Waals surface area (Å²) in [6.45, 7) is 2.49. The maximum Gasteiger partial charge on any atom is 0.306 e. The van der Waals surface area contributed by atoms with E-state index in [4.69, 9.17) is 18.9 Å². The van der Waals surface area contributed by atoms with Gasteiger partial charge in [0.15, 0.2) is 6.29 Å². The highest BCUT2D eigenvalue weighted by molar-refractivity contribution is 5.71. The predicted octanol–water partition coefficient (Wildman–Crippen LogP) is -1.54. The van der Waals surface area contributed by atoms with Crippen LogP contribution in [-0.2, 0) is 28.5 Å². The minimum Gasteiger partial charge on any atom is -0.462 e. The molecule has 0 aromatic heterocycles. The molecule has 2 aliphatic heterocycles. The van der Waals surface area contributed by atoms with E-state index in [0.29, 0.717) is 12.8 Å². The molecule has 28 heavy (non-hydrogen) atoms. The van der Waals surface area contributed by atoms with Gasteiger partial charge in [0.25, 0.3) is 0 Å². The largest absolute Gasteiger partial charge is 0.462 e. The Balaban J connectivity index is 1.76. The molecule has 0 aromatic carbocycles. The normalized spacial score (nSPS) is 46.4. The fourth-order valence-corrected chi connectivity index (χ4v) is 4.57. The third-order valence-electron chi connectivity index (χ3n) is 5.87. The summed E-state index contributed by atoms with van der Waals surface area (Å²) in [5, 5.41) is 39.4. The van der Waals surface area contributed by atoms with Crippen LogP contribution in [-0.4, -0.2) is 88.0 Å². The van der Waals surface area contributed by atoms with Crippen LogP contribution in [0.1, 0.15) is 33.1 Å². The van der Waals surface area contributed by atoms with Gasteiger partial charge in [0.05, 0.1) is 19.1 Å². The second-order valence-corrected chi connectivity index (χ2v) is 7.74. The third-order valence-corrected chi connectivity index (χ3v) is 5.87. The van der Waals surface area contributed by atoms with Crippen molar-refractivity contribution in [1.82, 2.24) is 0 Å². The highest BCUT2D eigenvalue weighted by atomic mass is 16.7. The minimum atomic E-state index is -1.54. The van der Waals surface area contributed by atoms with E-state index in [2.05, 4.69) is 0 Å². The van der Waals surface area contributed by atoms with Gasteiger partial charge in [0, 0.05) is 18.8 Å². The number of hydrogen-bond acceptors (Lipinski definition) is 10. The fourth-order valence-electron chi connectivity index (χ4n) is 4.57. The zero-order valence-corrected chi connectivity index (χ0v) is 15.8. The molecule has 0 amide bonds. The Kier molecular flexibility index (Phi) is 6.58. The second-order valence-electron chi connectivity index (χ2n) is 7.74. The van der Waals surface area contributed by atoms with Gasteiger partial charge in [-0.2, -0.15) is 0 Å². The summed E-state index contributed by atoms with van der Waals surface area (Å²) >= 11 is 0. The summed E-state index contributed by atoms with van der Waals surface area (Å²) in [5.41, 5.74) is 0. The Morgan fingerprint density at radius 2 is 1.82 bits per heavy atom. The van der Waals surface area contributed by atoms with Gasteiger partial charge in [-0.05, 0) is 19.8 Å². The van der Waals surface area contributed by atoms with Gasteiger partial charge in [-0.15, -0.1) is 0 Å². The van der Waals surface area contributed by atoms with Crippen LogP contribution >= 0.6 is 0 Å². The average molecular weight is 404 g/mol. The van der Waals surface area contributed by atoms with Crippen molar-refractivity contribution in [3.63, 3.8) is 0 Å². The van der Waals surface area contributed by atoms with Gasteiger partial charge in [-0.3, -0.25) is 9.59 Å². The summed E-state index contributed by atoms with van der Waals surface area (Å²) in [6.07, 6.45) is -7.29. The summed E-state index contributed by atoms with van der Waals surface area (Å²) in [5.74, 6) is -1.41. The predicted molar refractivity (Wildman–Crippen MR) is 90.6 cm³/mol. The minimum absolute atomic E-state index is 0.0848. The molecular formula is C18H28O10. The molecule has 0 spiro atoms. The molecule has 0 radical (unpaired) electrons. The first-order chi connectivity index (χ1) is 13.2. The summed E-state index contributed by atoms with van der Waals surface area (Å²) in [7, 11) is 0. The number of carbonyl (C=O) groups excluding carboxylic acids is 2. The molecule has 1 saturated carbocycles. The molecule has 2 saturated heterocycles. The van der Waals surface area contributed by atoms with Crippen LogP contribution in [0.2, 0.25) is 0 Å². The van der Waals surface area contributed by atoms with Crippen molar-refractivity contribution in [2.75, 3.05) is 6.61 Å². The molecule has 10 nitrogen and oxygen atoms in total. The van der Waals surface area contributed by atoms with E-state index < -0.39 is 61.6 Å². The molecule has 3 fully saturated rings. The number of aliphatic hydroxyl groups excluding tert-OH is 4. The quantitative estimate of drug-likeness (QED) is 0.406. The average Bonchev–Trinajstić information content (AvgIpc) is 2.63. The van der Waals surface area contributed by atoms with Crippen molar-refractivity contribution < 1.29 is 49.0 Å². The Hall–Kier alpha value is -1.30. The van der Waals surface area contributed by atoms with Crippen LogP contribution in [0.3, 0.4) is 0 Å². The van der Waals surface area contributed by atoms with Crippen LogP contribution in [0.4, 0.5) is 0 Å². The van der Waals surface area contributed by atoms with Crippen molar-refractivity contribution in [3.05, 3.63) is 0 Å². The van der Waals surface area contributed by atoms with E-state index >= 15 is 0 Å². The van der Waals surface area contributed by atoms with Gasteiger partial charge in [-0.1, -0.05) is 0 Å². The Bertz CT molecular complexity index is 581. The van der Waals surface area contributed by atoms with Crippen LogP contribution < -0.4 is 0 Å². The summed E-state index contributed by atoms with van der Waals surface area (Å²) in [6, 6.07) is 0. The number of carbonyl (C=O) groups is 2. The van der Waals surface area contributed by atoms with E-state index in [-0.39, 0.29) is 24.2 Å². The molecule has 3 rings (SSSR count). The number of cyclic esters (lactones) is 1. The molecule has 0 unspecified atom stereocenters. The first kappa shape index (κ1) is 21.4. The van der Waals surface area contributed by atoms with Gasteiger partial charge >= 0.3 is 11.9 Å². The molecule has 10 heteroatoms. The second kappa shape index (κ2) is 8.60. The van der Waals surface area contributed by atoms with E-state index in [1.807, 2.05) is 0 Å². The van der Waals surface area contributed by atoms with E-state index in [0.717, 1.165) is 0 Å². The molecule has 4 N–H and O–H groups in total. The fraction of sp³-hybridized carbons (Fsp3) is 0.889. The zero-order valence-electron chi connectivity index (χ0n) is 15.8. The van der Waals surface area contributed by atoms with E-state index in [1.165, 1.54) is 6.92 Å². The highest BCUT2D eigenvalue weighted by Crippen LogP contribution is 2.43. The first-order valence-corrected chi connectivity index (χ1v) is 9.55. The summed E-state index contributed by atoms with van der Waals surface area (Å²) in [4.78, 5) is 23.3. The first-order valence-electron chi connectivity index (χ1n) is 9.55. The Morgan fingerprint density at radius 3 is 2.46 bits per heavy atom. The summed E-state index contributed by atoms with van der Waals surface area (Å²) < 4.78 is 22.1. The lowest BCUT2D eigenvalue weighted by Crippen LogP contribution is -2.61. The molecule has 10 atom stereocenters. The van der Waals surface area contributed by atoms with Gasteiger partial charge < -0.3 is 39.4 Å².